The summed E-state index contributed by atoms with van der Waals surface area (Å²) in [5.74, 6) is -0.0617. The van der Waals surface area contributed by atoms with Gasteiger partial charge in [0.15, 0.2) is 0 Å². The predicted molar refractivity (Wildman–Crippen MR) is 101 cm³/mol. The summed E-state index contributed by atoms with van der Waals surface area (Å²) in [4.78, 5) is 31.7. The van der Waals surface area contributed by atoms with Crippen molar-refractivity contribution < 1.29 is 14.0 Å². The van der Waals surface area contributed by atoms with Crippen LogP contribution in [-0.4, -0.2) is 52.8 Å². The highest BCUT2D eigenvalue weighted by molar-refractivity contribution is 7.09. The van der Waals surface area contributed by atoms with Gasteiger partial charge in [-0.25, -0.2) is 9.37 Å². The van der Waals surface area contributed by atoms with E-state index in [4.69, 9.17) is 5.73 Å². The largest absolute Gasteiger partial charge is 0.369 e. The van der Waals surface area contributed by atoms with Crippen LogP contribution in [0, 0.1) is 11.7 Å². The molecule has 0 atom stereocenters. The second-order valence-electron chi connectivity index (χ2n) is 6.71. The zero-order chi connectivity index (χ0) is 19.4. The summed E-state index contributed by atoms with van der Waals surface area (Å²) in [6, 6.07) is 6.24. The smallest absolute Gasteiger partial charge is 0.242 e. The van der Waals surface area contributed by atoms with Gasteiger partial charge in [0.2, 0.25) is 16.9 Å². The highest BCUT2D eigenvalue weighted by Crippen LogP contribution is 2.20. The van der Waals surface area contributed by atoms with Crippen LogP contribution in [0.15, 0.2) is 24.3 Å². The number of nitrogens with zero attached hydrogens (tertiary/aromatic N) is 4. The number of carbonyl (C=O) groups excluding carboxylic acids is 2. The first-order valence-corrected chi connectivity index (χ1v) is 9.55. The zero-order valence-corrected chi connectivity index (χ0v) is 15.9. The maximum absolute atomic E-state index is 13.0. The standard InChI is InChI=1S/C18H22FN5O2S/c1-23(11-16(25)24-8-6-13(7-9-24)17(20)26)18-21-15(22-27-18)10-12-2-4-14(19)5-3-12/h2-5,13H,6-11H2,1H3,(H2,20,26). The summed E-state index contributed by atoms with van der Waals surface area (Å²) in [6.45, 7) is 1.30. The summed E-state index contributed by atoms with van der Waals surface area (Å²) in [5, 5.41) is 0.660. The first-order chi connectivity index (χ1) is 12.9. The van der Waals surface area contributed by atoms with Crippen molar-refractivity contribution in [1.29, 1.82) is 0 Å². The van der Waals surface area contributed by atoms with E-state index in [0.29, 0.717) is 43.3 Å². The van der Waals surface area contributed by atoms with Gasteiger partial charge in [0.25, 0.3) is 0 Å². The molecule has 1 aliphatic rings. The second kappa shape index (κ2) is 8.43. The van der Waals surface area contributed by atoms with Gasteiger partial charge >= 0.3 is 0 Å². The van der Waals surface area contributed by atoms with Gasteiger partial charge in [0.05, 0.1) is 6.54 Å². The molecule has 1 saturated heterocycles. The normalized spacial score (nSPS) is 15.0. The number of likely N-dealkylation sites (tertiary alicyclic amines) is 1. The minimum atomic E-state index is -0.290. The quantitative estimate of drug-likeness (QED) is 0.804. The number of primary amides is 1. The Morgan fingerprint density at radius 3 is 2.59 bits per heavy atom. The molecular formula is C18H22FN5O2S. The molecule has 0 spiro atoms. The molecule has 1 aliphatic heterocycles. The summed E-state index contributed by atoms with van der Waals surface area (Å²) in [6.07, 6.45) is 1.75. The van der Waals surface area contributed by atoms with Crippen LogP contribution >= 0.6 is 11.5 Å². The Labute approximate surface area is 161 Å². The fourth-order valence-corrected chi connectivity index (χ4v) is 3.68. The molecule has 1 aromatic heterocycles. The molecule has 1 fully saturated rings. The zero-order valence-electron chi connectivity index (χ0n) is 15.1. The maximum Gasteiger partial charge on any atom is 0.242 e. The second-order valence-corrected chi connectivity index (χ2v) is 7.44. The van der Waals surface area contributed by atoms with Crippen LogP contribution in [-0.2, 0) is 16.0 Å². The molecule has 1 aromatic carbocycles. The number of hydrogen-bond acceptors (Lipinski definition) is 6. The molecule has 2 amide bonds. The summed E-state index contributed by atoms with van der Waals surface area (Å²) >= 11 is 1.23. The minimum Gasteiger partial charge on any atom is -0.369 e. The fraction of sp³-hybridized carbons (Fsp3) is 0.444. The molecule has 9 heteroatoms. The van der Waals surface area contributed by atoms with E-state index >= 15 is 0 Å². The van der Waals surface area contributed by atoms with E-state index in [2.05, 4.69) is 9.36 Å². The van der Waals surface area contributed by atoms with Crippen molar-refractivity contribution in [2.45, 2.75) is 19.3 Å². The highest BCUT2D eigenvalue weighted by Gasteiger charge is 2.26. The minimum absolute atomic E-state index is 0.00398. The molecule has 7 nitrogen and oxygen atoms in total. The number of halogens is 1. The number of nitrogens with two attached hydrogens (primary N) is 1. The lowest BCUT2D eigenvalue weighted by Gasteiger charge is -2.31. The lowest BCUT2D eigenvalue weighted by atomic mass is 9.96. The van der Waals surface area contributed by atoms with Crippen molar-refractivity contribution in [3.05, 3.63) is 41.5 Å². The van der Waals surface area contributed by atoms with Crippen LogP contribution in [0.4, 0.5) is 9.52 Å². The molecule has 2 aromatic rings. The van der Waals surface area contributed by atoms with E-state index in [-0.39, 0.29) is 30.1 Å². The first kappa shape index (κ1) is 19.2. The number of aromatic nitrogens is 2. The predicted octanol–water partition coefficient (Wildman–Crippen LogP) is 1.43. The summed E-state index contributed by atoms with van der Waals surface area (Å²) in [5.41, 5.74) is 6.25. The molecule has 3 rings (SSSR count). The van der Waals surface area contributed by atoms with E-state index in [1.807, 2.05) is 0 Å². The van der Waals surface area contributed by atoms with Crippen molar-refractivity contribution in [1.82, 2.24) is 14.3 Å². The van der Waals surface area contributed by atoms with Gasteiger partial charge in [0.1, 0.15) is 11.6 Å². The highest BCUT2D eigenvalue weighted by atomic mass is 32.1. The molecular weight excluding hydrogens is 369 g/mol. The number of amides is 2. The molecule has 0 bridgehead atoms. The van der Waals surface area contributed by atoms with Gasteiger partial charge in [-0.05, 0) is 30.5 Å². The van der Waals surface area contributed by atoms with Gasteiger partial charge in [-0.1, -0.05) is 12.1 Å². The van der Waals surface area contributed by atoms with Crippen LogP contribution in [0.5, 0.6) is 0 Å². The van der Waals surface area contributed by atoms with Crippen LogP contribution in [0.1, 0.15) is 24.2 Å². The van der Waals surface area contributed by atoms with Gasteiger partial charge in [-0.3, -0.25) is 9.59 Å². The third-order valence-electron chi connectivity index (χ3n) is 4.68. The Hall–Kier alpha value is -2.55. The summed E-state index contributed by atoms with van der Waals surface area (Å²) in [7, 11) is 1.80. The number of carbonyl (C=O) groups is 2. The molecule has 2 N–H and O–H groups in total. The van der Waals surface area contributed by atoms with Crippen LogP contribution in [0.2, 0.25) is 0 Å². The number of likely N-dealkylation sites (N-methyl/N-ethyl adjacent to an activating group) is 1. The lowest BCUT2D eigenvalue weighted by Crippen LogP contribution is -2.45. The van der Waals surface area contributed by atoms with Crippen molar-refractivity contribution in [2.24, 2.45) is 11.7 Å². The average molecular weight is 391 g/mol. The van der Waals surface area contributed by atoms with Crippen molar-refractivity contribution in [3.8, 4) is 0 Å². The van der Waals surface area contributed by atoms with Crippen molar-refractivity contribution in [3.63, 3.8) is 0 Å². The maximum atomic E-state index is 13.0. The lowest BCUT2D eigenvalue weighted by molar-refractivity contribution is -0.133. The third-order valence-corrected chi connectivity index (χ3v) is 5.55. The Morgan fingerprint density at radius 2 is 1.96 bits per heavy atom. The Morgan fingerprint density at radius 1 is 1.30 bits per heavy atom. The SMILES string of the molecule is CN(CC(=O)N1CCC(C(N)=O)CC1)c1nc(Cc2ccc(F)cc2)ns1. The summed E-state index contributed by atoms with van der Waals surface area (Å²) < 4.78 is 17.3. The Kier molecular flexibility index (Phi) is 6.00. The molecule has 27 heavy (non-hydrogen) atoms. The number of hydrogen-bond donors (Lipinski definition) is 1. The van der Waals surface area contributed by atoms with Crippen molar-refractivity contribution >= 4 is 28.5 Å². The van der Waals surface area contributed by atoms with Crippen LogP contribution in [0.25, 0.3) is 0 Å². The van der Waals surface area contributed by atoms with E-state index < -0.39 is 0 Å². The molecule has 0 unspecified atom stereocenters. The van der Waals surface area contributed by atoms with Crippen molar-refractivity contribution in [2.75, 3.05) is 31.6 Å². The number of rotatable bonds is 6. The molecule has 144 valence electrons. The fourth-order valence-electron chi connectivity index (χ4n) is 3.04. The van der Waals surface area contributed by atoms with Gasteiger partial charge in [0, 0.05) is 44.0 Å². The number of benzene rings is 1. The van der Waals surface area contributed by atoms with E-state index in [1.165, 1.54) is 23.7 Å². The molecule has 0 saturated carbocycles. The molecule has 0 aliphatic carbocycles. The topological polar surface area (TPSA) is 92.4 Å². The van der Waals surface area contributed by atoms with Gasteiger partial charge in [-0.15, -0.1) is 0 Å². The van der Waals surface area contributed by atoms with E-state index in [9.17, 15) is 14.0 Å². The first-order valence-electron chi connectivity index (χ1n) is 8.77. The molecule has 2 heterocycles. The molecule has 0 radical (unpaired) electrons. The monoisotopic (exact) mass is 391 g/mol. The van der Waals surface area contributed by atoms with Crippen LogP contribution in [0.3, 0.4) is 0 Å². The van der Waals surface area contributed by atoms with Gasteiger partial charge in [-0.2, -0.15) is 4.37 Å². The number of anilines is 1. The Bertz CT molecular complexity index is 802. The number of piperidine rings is 1. The average Bonchev–Trinajstić information content (AvgIpc) is 3.12. The third kappa shape index (κ3) is 5.00. The van der Waals surface area contributed by atoms with Gasteiger partial charge < -0.3 is 15.5 Å². The van der Waals surface area contributed by atoms with E-state index in [1.54, 1.807) is 29.0 Å². The van der Waals surface area contributed by atoms with E-state index in [0.717, 1.165) is 5.56 Å². The van der Waals surface area contributed by atoms with Crippen LogP contribution < -0.4 is 10.6 Å². The Balaban J connectivity index is 1.53.